The fourth-order valence-corrected chi connectivity index (χ4v) is 7.61. The van der Waals surface area contributed by atoms with E-state index in [1.807, 2.05) is 18.2 Å². The van der Waals surface area contributed by atoms with Crippen LogP contribution in [-0.4, -0.2) is 4.57 Å². The van der Waals surface area contributed by atoms with Crippen LogP contribution in [0.25, 0.3) is 38.6 Å². The molecule has 1 aromatic heterocycles. The molecule has 0 bridgehead atoms. The minimum Gasteiger partial charge on any atom is -0.310 e. The first-order valence-electron chi connectivity index (χ1n) is 18.2. The van der Waals surface area contributed by atoms with Gasteiger partial charge in [0.15, 0.2) is 0 Å². The third-order valence-corrected chi connectivity index (χ3v) is 10.1. The van der Waals surface area contributed by atoms with Gasteiger partial charge in [-0.1, -0.05) is 91.0 Å². The fourth-order valence-electron chi connectivity index (χ4n) is 7.61. The van der Waals surface area contributed by atoms with Crippen molar-refractivity contribution in [1.29, 1.82) is 5.26 Å². The molecule has 0 aliphatic carbocycles. The number of fused-ring (bicyclic) bond motifs is 3. The molecule has 8 aromatic carbocycles. The van der Waals surface area contributed by atoms with Gasteiger partial charge in [-0.25, -0.2) is 0 Å². The van der Waals surface area contributed by atoms with Crippen LogP contribution >= 0.6 is 0 Å². The summed E-state index contributed by atoms with van der Waals surface area (Å²) in [6, 6.07) is 72.8. The molecule has 0 amide bonds. The van der Waals surface area contributed by atoms with Crippen LogP contribution < -0.4 is 9.80 Å². The number of aromatic nitrogens is 1. The van der Waals surface area contributed by atoms with Gasteiger partial charge in [0.1, 0.15) is 0 Å². The van der Waals surface area contributed by atoms with Gasteiger partial charge >= 0.3 is 0 Å². The molecule has 0 saturated carbocycles. The number of para-hydroxylation sites is 4. The standard InChI is InChI=1S/C50H36N4/c1-36-32-37(35-51)22-29-46(36)38-23-25-43(26-24-38)54-49-30-27-44(52(39-14-6-2-7-15-39)40-16-8-3-9-17-40)33-47(49)48-34-45(28-31-50(48)54)53(41-18-10-4-11-19-41)42-20-12-5-13-21-42/h2-34H,1H3. The van der Waals surface area contributed by atoms with Crippen molar-refractivity contribution in [3.8, 4) is 22.9 Å². The van der Waals surface area contributed by atoms with Crippen molar-refractivity contribution in [1.82, 2.24) is 4.57 Å². The molecule has 9 rings (SSSR count). The van der Waals surface area contributed by atoms with Crippen LogP contribution in [0.4, 0.5) is 34.1 Å². The Morgan fingerprint density at radius 1 is 0.426 bits per heavy atom. The number of hydrogen-bond acceptors (Lipinski definition) is 3. The average Bonchev–Trinajstić information content (AvgIpc) is 3.56. The zero-order chi connectivity index (χ0) is 36.4. The Morgan fingerprint density at radius 2 is 0.852 bits per heavy atom. The summed E-state index contributed by atoms with van der Waals surface area (Å²) >= 11 is 0. The van der Waals surface area contributed by atoms with E-state index in [2.05, 4.69) is 209 Å². The van der Waals surface area contributed by atoms with Crippen LogP contribution in [0.1, 0.15) is 11.1 Å². The highest BCUT2D eigenvalue weighted by Gasteiger charge is 2.20. The van der Waals surface area contributed by atoms with Gasteiger partial charge in [0.2, 0.25) is 0 Å². The first-order valence-corrected chi connectivity index (χ1v) is 18.2. The number of rotatable bonds is 8. The third kappa shape index (κ3) is 5.94. The van der Waals surface area contributed by atoms with Gasteiger partial charge in [-0.15, -0.1) is 0 Å². The van der Waals surface area contributed by atoms with Crippen molar-refractivity contribution in [3.05, 3.63) is 211 Å². The van der Waals surface area contributed by atoms with E-state index in [9.17, 15) is 5.26 Å². The van der Waals surface area contributed by atoms with Crippen molar-refractivity contribution < 1.29 is 0 Å². The lowest BCUT2D eigenvalue weighted by Crippen LogP contribution is -2.09. The van der Waals surface area contributed by atoms with Crippen LogP contribution in [0.15, 0.2) is 200 Å². The largest absolute Gasteiger partial charge is 0.310 e. The predicted octanol–water partition coefficient (Wildman–Crippen LogP) is 13.6. The number of aryl methyl sites for hydroxylation is 1. The second kappa shape index (κ2) is 14.0. The second-order valence-corrected chi connectivity index (χ2v) is 13.4. The zero-order valence-corrected chi connectivity index (χ0v) is 29.8. The van der Waals surface area contributed by atoms with E-state index in [4.69, 9.17) is 0 Å². The second-order valence-electron chi connectivity index (χ2n) is 13.4. The molecule has 0 saturated heterocycles. The molecule has 0 unspecified atom stereocenters. The van der Waals surface area contributed by atoms with Gasteiger partial charge in [-0.05, 0) is 133 Å². The molecule has 1 heterocycles. The Morgan fingerprint density at radius 3 is 1.24 bits per heavy atom. The normalized spacial score (nSPS) is 11.0. The Kier molecular flexibility index (Phi) is 8.43. The summed E-state index contributed by atoms with van der Waals surface area (Å²) in [5.41, 5.74) is 13.9. The summed E-state index contributed by atoms with van der Waals surface area (Å²) in [5, 5.41) is 11.7. The molecular formula is C50H36N4. The molecule has 0 aliphatic rings. The lowest BCUT2D eigenvalue weighted by molar-refractivity contribution is 1.18. The minimum atomic E-state index is 0.674. The lowest BCUT2D eigenvalue weighted by atomic mass is 9.98. The van der Waals surface area contributed by atoms with Crippen molar-refractivity contribution >= 4 is 55.9 Å². The van der Waals surface area contributed by atoms with Gasteiger partial charge in [-0.2, -0.15) is 5.26 Å². The van der Waals surface area contributed by atoms with Gasteiger partial charge in [0.25, 0.3) is 0 Å². The van der Waals surface area contributed by atoms with Gasteiger partial charge in [0.05, 0.1) is 22.7 Å². The molecule has 0 atom stereocenters. The van der Waals surface area contributed by atoms with E-state index in [1.54, 1.807) is 0 Å². The van der Waals surface area contributed by atoms with E-state index in [0.717, 1.165) is 78.3 Å². The molecule has 4 heteroatoms. The highest BCUT2D eigenvalue weighted by atomic mass is 15.1. The molecule has 256 valence electrons. The number of benzene rings is 8. The highest BCUT2D eigenvalue weighted by Crippen LogP contribution is 2.42. The predicted molar refractivity (Wildman–Crippen MR) is 225 cm³/mol. The summed E-state index contributed by atoms with van der Waals surface area (Å²) in [7, 11) is 0. The number of nitrogens with zero attached hydrogens (tertiary/aromatic N) is 4. The summed E-state index contributed by atoms with van der Waals surface area (Å²) in [6.07, 6.45) is 0. The van der Waals surface area contributed by atoms with E-state index in [-0.39, 0.29) is 0 Å². The third-order valence-electron chi connectivity index (χ3n) is 10.1. The van der Waals surface area contributed by atoms with Crippen molar-refractivity contribution in [2.24, 2.45) is 0 Å². The van der Waals surface area contributed by atoms with Crippen LogP contribution in [0, 0.1) is 18.3 Å². The molecule has 0 spiro atoms. The number of nitriles is 1. The van der Waals surface area contributed by atoms with E-state index < -0.39 is 0 Å². The average molecular weight is 693 g/mol. The minimum absolute atomic E-state index is 0.674. The highest BCUT2D eigenvalue weighted by molar-refractivity contribution is 6.12. The number of hydrogen-bond donors (Lipinski definition) is 0. The maximum Gasteiger partial charge on any atom is 0.0991 e. The Hall–Kier alpha value is -7.35. The van der Waals surface area contributed by atoms with E-state index >= 15 is 0 Å². The number of anilines is 6. The van der Waals surface area contributed by atoms with Crippen LogP contribution in [0.2, 0.25) is 0 Å². The van der Waals surface area contributed by atoms with E-state index in [1.165, 1.54) is 0 Å². The quantitative estimate of drug-likeness (QED) is 0.159. The summed E-state index contributed by atoms with van der Waals surface area (Å²) in [4.78, 5) is 4.64. The van der Waals surface area contributed by atoms with Crippen molar-refractivity contribution in [2.75, 3.05) is 9.80 Å². The molecule has 0 fully saturated rings. The SMILES string of the molecule is Cc1cc(C#N)ccc1-c1ccc(-n2c3ccc(N(c4ccccc4)c4ccccc4)cc3c3cc(N(c4ccccc4)c4ccccc4)ccc32)cc1. The summed E-state index contributed by atoms with van der Waals surface area (Å²) in [6.45, 7) is 2.06. The Balaban J connectivity index is 1.26. The van der Waals surface area contributed by atoms with Gasteiger partial charge < -0.3 is 14.4 Å². The van der Waals surface area contributed by atoms with Crippen molar-refractivity contribution in [3.63, 3.8) is 0 Å². The molecule has 9 aromatic rings. The van der Waals surface area contributed by atoms with Crippen LogP contribution in [0.5, 0.6) is 0 Å². The van der Waals surface area contributed by atoms with Gasteiger partial charge in [-0.3, -0.25) is 0 Å². The first-order chi connectivity index (χ1) is 26.7. The van der Waals surface area contributed by atoms with E-state index in [0.29, 0.717) is 5.56 Å². The van der Waals surface area contributed by atoms with Crippen LogP contribution in [-0.2, 0) is 0 Å². The van der Waals surface area contributed by atoms with Crippen molar-refractivity contribution in [2.45, 2.75) is 6.92 Å². The molecule has 4 nitrogen and oxygen atoms in total. The zero-order valence-electron chi connectivity index (χ0n) is 29.8. The summed E-state index contributed by atoms with van der Waals surface area (Å²) < 4.78 is 2.37. The maximum absolute atomic E-state index is 9.41. The molecule has 0 aliphatic heterocycles. The monoisotopic (exact) mass is 692 g/mol. The maximum atomic E-state index is 9.41. The van der Waals surface area contributed by atoms with Crippen LogP contribution in [0.3, 0.4) is 0 Å². The topological polar surface area (TPSA) is 35.2 Å². The van der Waals surface area contributed by atoms with Gasteiger partial charge in [0, 0.05) is 50.6 Å². The molecule has 54 heavy (non-hydrogen) atoms. The fraction of sp³-hybridized carbons (Fsp3) is 0.0200. The molecule has 0 radical (unpaired) electrons. The Bertz CT molecular complexity index is 2550. The molecule has 0 N–H and O–H groups in total. The first kappa shape index (κ1) is 32.6. The molecular weight excluding hydrogens is 657 g/mol. The smallest absolute Gasteiger partial charge is 0.0991 e. The summed E-state index contributed by atoms with van der Waals surface area (Å²) in [5.74, 6) is 0. The Labute approximate surface area is 315 Å². The lowest BCUT2D eigenvalue weighted by Gasteiger charge is -2.26.